The van der Waals surface area contributed by atoms with Gasteiger partial charge in [0.05, 0.1) is 22.3 Å². The Kier molecular flexibility index (Phi) is 4.79. The van der Waals surface area contributed by atoms with Crippen molar-refractivity contribution in [2.75, 3.05) is 0 Å². The van der Waals surface area contributed by atoms with Crippen molar-refractivity contribution in [3.05, 3.63) is 72.3 Å². The highest BCUT2D eigenvalue weighted by atomic mass is 35.5. The number of halogens is 2. The molecule has 1 amide bonds. The number of benzene rings is 2. The van der Waals surface area contributed by atoms with E-state index in [0.717, 1.165) is 16.6 Å². The van der Waals surface area contributed by atoms with Gasteiger partial charge in [-0.1, -0.05) is 18.2 Å². The lowest BCUT2D eigenvalue weighted by atomic mass is 10.1. The van der Waals surface area contributed by atoms with Crippen LogP contribution in [0.4, 0.5) is 4.39 Å². The van der Waals surface area contributed by atoms with Crippen LogP contribution in [0.25, 0.3) is 27.5 Å². The van der Waals surface area contributed by atoms with E-state index in [-0.39, 0.29) is 23.9 Å². The van der Waals surface area contributed by atoms with E-state index in [9.17, 15) is 9.18 Å². The summed E-state index contributed by atoms with van der Waals surface area (Å²) in [6, 6.07) is 13.6. The third-order valence-corrected chi connectivity index (χ3v) is 4.11. The summed E-state index contributed by atoms with van der Waals surface area (Å²) in [5.74, 6) is -1.32. The van der Waals surface area contributed by atoms with E-state index in [2.05, 4.69) is 9.98 Å². The molecule has 4 rings (SSSR count). The van der Waals surface area contributed by atoms with Crippen LogP contribution in [0.2, 0.25) is 0 Å². The van der Waals surface area contributed by atoms with Gasteiger partial charge in [-0.2, -0.15) is 4.99 Å². The third-order valence-electron chi connectivity index (χ3n) is 4.11. The van der Waals surface area contributed by atoms with Gasteiger partial charge < -0.3 is 16.0 Å². The van der Waals surface area contributed by atoms with Crippen molar-refractivity contribution in [2.24, 2.45) is 16.5 Å². The maximum absolute atomic E-state index is 13.9. The molecule has 2 aromatic heterocycles. The number of amides is 1. The average Bonchev–Trinajstić information content (AvgIpc) is 2.99. The van der Waals surface area contributed by atoms with Crippen LogP contribution in [0.3, 0.4) is 0 Å². The number of aromatic nitrogens is 2. The number of nitrogens with zero attached hydrogens (tertiary/aromatic N) is 3. The second kappa shape index (κ2) is 7.05. The zero-order chi connectivity index (χ0) is 18.3. The SMILES string of the molecule is Cl.NC(N)=NC(=O)c1cn(-c2ccnc3ccccc23)c2cc(F)ccc12. The molecule has 4 N–H and O–H groups in total. The lowest BCUT2D eigenvalue weighted by Crippen LogP contribution is -2.24. The molecule has 2 aromatic carbocycles. The smallest absolute Gasteiger partial charge is 0.282 e. The van der Waals surface area contributed by atoms with Crippen LogP contribution >= 0.6 is 12.4 Å². The number of nitrogens with two attached hydrogens (primary N) is 2. The van der Waals surface area contributed by atoms with Crippen molar-refractivity contribution in [3.63, 3.8) is 0 Å². The normalized spacial score (nSPS) is 10.6. The van der Waals surface area contributed by atoms with Gasteiger partial charge in [0.1, 0.15) is 5.82 Å². The summed E-state index contributed by atoms with van der Waals surface area (Å²) in [5, 5.41) is 1.43. The fourth-order valence-electron chi connectivity index (χ4n) is 3.04. The molecule has 0 radical (unpaired) electrons. The topological polar surface area (TPSA) is 99.3 Å². The monoisotopic (exact) mass is 383 g/mol. The van der Waals surface area contributed by atoms with Crippen LogP contribution in [-0.4, -0.2) is 21.4 Å². The Morgan fingerprint density at radius 2 is 1.85 bits per heavy atom. The number of guanidine groups is 1. The number of carbonyl (C=O) groups excluding carboxylic acids is 1. The Balaban J connectivity index is 0.00000210. The number of carbonyl (C=O) groups is 1. The van der Waals surface area contributed by atoms with Gasteiger partial charge in [0.2, 0.25) is 0 Å². The predicted octanol–water partition coefficient (Wildman–Crippen LogP) is 3.15. The molecule has 2 heterocycles. The highest BCUT2D eigenvalue weighted by molar-refractivity contribution is 6.11. The summed E-state index contributed by atoms with van der Waals surface area (Å²) in [6.07, 6.45) is 3.28. The number of pyridine rings is 1. The Bertz CT molecular complexity index is 1190. The van der Waals surface area contributed by atoms with Crippen molar-refractivity contribution in [1.82, 2.24) is 9.55 Å². The molecule has 136 valence electrons. The van der Waals surface area contributed by atoms with Crippen molar-refractivity contribution >= 4 is 46.1 Å². The van der Waals surface area contributed by atoms with Crippen LogP contribution in [0.5, 0.6) is 0 Å². The minimum absolute atomic E-state index is 0. The molecule has 27 heavy (non-hydrogen) atoms. The molecule has 4 aromatic rings. The maximum Gasteiger partial charge on any atom is 0.282 e. The fraction of sp³-hybridized carbons (Fsp3) is 0. The van der Waals surface area contributed by atoms with Crippen molar-refractivity contribution in [2.45, 2.75) is 0 Å². The fourth-order valence-corrected chi connectivity index (χ4v) is 3.04. The van der Waals surface area contributed by atoms with Gasteiger partial charge in [0.15, 0.2) is 5.96 Å². The highest BCUT2D eigenvalue weighted by Crippen LogP contribution is 2.29. The molecule has 0 spiro atoms. The zero-order valence-corrected chi connectivity index (χ0v) is 14.8. The van der Waals surface area contributed by atoms with E-state index in [1.807, 2.05) is 30.3 Å². The molecular weight excluding hydrogens is 369 g/mol. The summed E-state index contributed by atoms with van der Waals surface area (Å²) in [6.45, 7) is 0. The van der Waals surface area contributed by atoms with E-state index in [4.69, 9.17) is 11.5 Å². The first-order chi connectivity index (χ1) is 12.5. The van der Waals surface area contributed by atoms with Gasteiger partial charge in [-0.15, -0.1) is 12.4 Å². The largest absolute Gasteiger partial charge is 0.370 e. The molecule has 0 aliphatic rings. The third kappa shape index (κ3) is 3.20. The quantitative estimate of drug-likeness (QED) is 0.410. The Labute approximate surface area is 159 Å². The predicted molar refractivity (Wildman–Crippen MR) is 106 cm³/mol. The summed E-state index contributed by atoms with van der Waals surface area (Å²) >= 11 is 0. The molecule has 0 atom stereocenters. The van der Waals surface area contributed by atoms with Crippen LogP contribution < -0.4 is 11.5 Å². The summed E-state index contributed by atoms with van der Waals surface area (Å²) < 4.78 is 15.6. The summed E-state index contributed by atoms with van der Waals surface area (Å²) in [7, 11) is 0. The van der Waals surface area contributed by atoms with Crippen LogP contribution in [0.15, 0.2) is 65.9 Å². The van der Waals surface area contributed by atoms with Gasteiger partial charge in [0.25, 0.3) is 5.91 Å². The van der Waals surface area contributed by atoms with E-state index in [1.54, 1.807) is 23.0 Å². The number of aliphatic imine (C=N–C) groups is 1. The molecule has 6 nitrogen and oxygen atoms in total. The van der Waals surface area contributed by atoms with Crippen LogP contribution in [0, 0.1) is 5.82 Å². The second-order valence-corrected chi connectivity index (χ2v) is 5.76. The molecule has 0 unspecified atom stereocenters. The first-order valence-corrected chi connectivity index (χ1v) is 7.83. The van der Waals surface area contributed by atoms with E-state index in [1.165, 1.54) is 12.1 Å². The van der Waals surface area contributed by atoms with Crippen molar-refractivity contribution in [3.8, 4) is 5.69 Å². The molecule has 0 aliphatic carbocycles. The minimum atomic E-state index is -0.585. The lowest BCUT2D eigenvalue weighted by molar-refractivity contribution is 0.100. The molecule has 8 heteroatoms. The molecule has 0 aliphatic heterocycles. The van der Waals surface area contributed by atoms with Crippen molar-refractivity contribution in [1.29, 1.82) is 0 Å². The van der Waals surface area contributed by atoms with Gasteiger partial charge in [-0.05, 0) is 30.3 Å². The molecule has 0 bridgehead atoms. The number of para-hydroxylation sites is 1. The minimum Gasteiger partial charge on any atom is -0.370 e. The first kappa shape index (κ1) is 18.3. The lowest BCUT2D eigenvalue weighted by Gasteiger charge is -2.09. The summed E-state index contributed by atoms with van der Waals surface area (Å²) in [4.78, 5) is 20.3. The van der Waals surface area contributed by atoms with Gasteiger partial charge in [0, 0.05) is 23.2 Å². The van der Waals surface area contributed by atoms with Gasteiger partial charge >= 0.3 is 0 Å². The Morgan fingerprint density at radius 1 is 1.07 bits per heavy atom. The highest BCUT2D eigenvalue weighted by Gasteiger charge is 2.17. The van der Waals surface area contributed by atoms with Crippen molar-refractivity contribution < 1.29 is 9.18 Å². The maximum atomic E-state index is 13.9. The van der Waals surface area contributed by atoms with Crippen LogP contribution in [0.1, 0.15) is 10.4 Å². The standard InChI is InChI=1S/C19H14FN5O.ClH/c20-11-5-6-12-14(18(26)24-19(21)22)10-25(17(12)9-11)16-7-8-23-15-4-2-1-3-13(15)16;/h1-10H,(H4,21,22,24,26);1H. The van der Waals surface area contributed by atoms with E-state index >= 15 is 0 Å². The Morgan fingerprint density at radius 3 is 2.63 bits per heavy atom. The Hall–Kier alpha value is -3.45. The van der Waals surface area contributed by atoms with E-state index < -0.39 is 11.7 Å². The molecule has 0 saturated carbocycles. The van der Waals surface area contributed by atoms with Crippen LogP contribution in [-0.2, 0) is 0 Å². The zero-order valence-electron chi connectivity index (χ0n) is 14.0. The molecule has 0 saturated heterocycles. The average molecular weight is 384 g/mol. The van der Waals surface area contributed by atoms with Gasteiger partial charge in [-0.25, -0.2) is 4.39 Å². The molecular formula is C19H15ClFN5O. The number of fused-ring (bicyclic) bond motifs is 2. The van der Waals surface area contributed by atoms with Gasteiger partial charge in [-0.3, -0.25) is 9.78 Å². The number of hydrogen-bond donors (Lipinski definition) is 2. The number of hydrogen-bond acceptors (Lipinski definition) is 2. The second-order valence-electron chi connectivity index (χ2n) is 5.76. The number of rotatable bonds is 2. The summed E-state index contributed by atoms with van der Waals surface area (Å²) in [5.41, 5.74) is 13.0. The first-order valence-electron chi connectivity index (χ1n) is 7.83. The van der Waals surface area contributed by atoms with E-state index in [0.29, 0.717) is 10.9 Å². The molecule has 0 fully saturated rings.